The first-order valence-electron chi connectivity index (χ1n) is 10.8. The lowest BCUT2D eigenvalue weighted by atomic mass is 10.2. The molecular formula is C21H35N3O6S2. The number of carbonyl (C=O) groups is 1. The van der Waals surface area contributed by atoms with Gasteiger partial charge in [-0.25, -0.2) is 21.6 Å². The second-order valence-electron chi connectivity index (χ2n) is 9.12. The van der Waals surface area contributed by atoms with Crippen LogP contribution in [0.5, 0.6) is 0 Å². The van der Waals surface area contributed by atoms with Crippen LogP contribution < -0.4 is 10.0 Å². The summed E-state index contributed by atoms with van der Waals surface area (Å²) < 4.78 is 58.4. The number of amides is 1. The van der Waals surface area contributed by atoms with Crippen LogP contribution in [0.1, 0.15) is 53.9 Å². The molecule has 0 aliphatic carbocycles. The van der Waals surface area contributed by atoms with Gasteiger partial charge in [-0.1, -0.05) is 0 Å². The minimum atomic E-state index is -3.63. The molecule has 1 heterocycles. The van der Waals surface area contributed by atoms with Crippen molar-refractivity contribution in [1.29, 1.82) is 0 Å². The lowest BCUT2D eigenvalue weighted by Gasteiger charge is -2.34. The molecule has 1 saturated heterocycles. The number of ether oxygens (including phenoxy) is 1. The summed E-state index contributed by atoms with van der Waals surface area (Å²) in [6, 6.07) is 6.10. The number of hydrogen-bond acceptors (Lipinski definition) is 6. The van der Waals surface area contributed by atoms with Crippen LogP contribution >= 0.6 is 0 Å². The monoisotopic (exact) mass is 489 g/mol. The summed E-state index contributed by atoms with van der Waals surface area (Å²) in [7, 11) is -7.02. The summed E-state index contributed by atoms with van der Waals surface area (Å²) in [4.78, 5) is 12.3. The summed E-state index contributed by atoms with van der Waals surface area (Å²) in [5.41, 5.74) is 0.506. The molecule has 1 unspecified atom stereocenters. The molecule has 9 nitrogen and oxygen atoms in total. The van der Waals surface area contributed by atoms with Crippen molar-refractivity contribution in [1.82, 2.24) is 9.03 Å². The Labute approximate surface area is 192 Å². The molecule has 2 atom stereocenters. The molecule has 1 fully saturated rings. The Hall–Kier alpha value is -1.53. The molecule has 0 aromatic heterocycles. The van der Waals surface area contributed by atoms with Gasteiger partial charge in [0.05, 0.1) is 21.9 Å². The number of morpholine rings is 1. The topological polar surface area (TPSA) is 122 Å². The molecule has 2 rings (SSSR count). The number of rotatable bonds is 9. The molecule has 32 heavy (non-hydrogen) atoms. The average molecular weight is 490 g/mol. The standard InChI is InChI=1S/C21H35N3O6S2/c1-16-14-24(15-17(2)30-16)31(26,27)19-11-9-18(10-12-19)23-20(25)8-6-7-13-22-32(28,29)21(3,4)5/h9-12,16-17,22H,6-8,13-15H2,1-5H3,(H,23,25)/t16-,17?/m1/s1. The van der Waals surface area contributed by atoms with Gasteiger partial charge in [0.25, 0.3) is 0 Å². The van der Waals surface area contributed by atoms with Gasteiger partial charge in [-0.2, -0.15) is 4.31 Å². The number of sulfonamides is 2. The maximum atomic E-state index is 12.9. The molecule has 182 valence electrons. The minimum absolute atomic E-state index is 0.169. The van der Waals surface area contributed by atoms with Gasteiger partial charge in [0.1, 0.15) is 0 Å². The smallest absolute Gasteiger partial charge is 0.243 e. The molecule has 0 radical (unpaired) electrons. The van der Waals surface area contributed by atoms with E-state index >= 15 is 0 Å². The van der Waals surface area contributed by atoms with Crippen LogP contribution in [0.4, 0.5) is 5.69 Å². The summed E-state index contributed by atoms with van der Waals surface area (Å²) >= 11 is 0. The van der Waals surface area contributed by atoms with Gasteiger partial charge < -0.3 is 10.1 Å². The second kappa shape index (κ2) is 10.6. The Kier molecular flexibility index (Phi) is 8.85. The van der Waals surface area contributed by atoms with E-state index in [4.69, 9.17) is 4.74 Å². The van der Waals surface area contributed by atoms with E-state index < -0.39 is 24.8 Å². The van der Waals surface area contributed by atoms with Crippen LogP contribution in [0.25, 0.3) is 0 Å². The van der Waals surface area contributed by atoms with E-state index in [2.05, 4.69) is 10.0 Å². The van der Waals surface area contributed by atoms with Crippen LogP contribution in [0.15, 0.2) is 29.2 Å². The van der Waals surface area contributed by atoms with E-state index in [0.29, 0.717) is 31.6 Å². The van der Waals surface area contributed by atoms with Gasteiger partial charge in [0, 0.05) is 31.7 Å². The molecule has 0 saturated carbocycles. The largest absolute Gasteiger partial charge is 0.373 e. The Morgan fingerprint density at radius 1 is 1.03 bits per heavy atom. The zero-order valence-corrected chi connectivity index (χ0v) is 21.1. The molecule has 2 N–H and O–H groups in total. The van der Waals surface area contributed by atoms with Crippen molar-refractivity contribution in [2.24, 2.45) is 0 Å². The number of nitrogens with zero attached hydrogens (tertiary/aromatic N) is 1. The van der Waals surface area contributed by atoms with Crippen LogP contribution in [-0.2, 0) is 29.6 Å². The zero-order chi connectivity index (χ0) is 24.2. The molecule has 1 aromatic rings. The fourth-order valence-corrected chi connectivity index (χ4v) is 5.68. The van der Waals surface area contributed by atoms with E-state index in [1.807, 2.05) is 13.8 Å². The predicted octanol–water partition coefficient (Wildman–Crippen LogP) is 2.31. The van der Waals surface area contributed by atoms with Gasteiger partial charge in [-0.15, -0.1) is 0 Å². The molecule has 1 amide bonds. The fourth-order valence-electron chi connectivity index (χ4n) is 3.24. The highest BCUT2D eigenvalue weighted by Crippen LogP contribution is 2.22. The van der Waals surface area contributed by atoms with Crippen molar-refractivity contribution < 1.29 is 26.4 Å². The number of carbonyl (C=O) groups excluding carboxylic acids is 1. The molecule has 1 aliphatic heterocycles. The maximum Gasteiger partial charge on any atom is 0.243 e. The van der Waals surface area contributed by atoms with Crippen molar-refractivity contribution >= 4 is 31.6 Å². The minimum Gasteiger partial charge on any atom is -0.373 e. The number of nitrogens with one attached hydrogen (secondary N) is 2. The third kappa shape index (κ3) is 7.24. The van der Waals surface area contributed by atoms with E-state index in [0.717, 1.165) is 0 Å². The average Bonchev–Trinajstić information content (AvgIpc) is 2.66. The van der Waals surface area contributed by atoms with Crippen LogP contribution in [-0.4, -0.2) is 63.6 Å². The van der Waals surface area contributed by atoms with Crippen molar-refractivity contribution in [2.45, 2.75) is 75.7 Å². The molecular weight excluding hydrogens is 454 g/mol. The third-order valence-electron chi connectivity index (χ3n) is 5.09. The normalized spacial score (nSPS) is 20.8. The summed E-state index contributed by atoms with van der Waals surface area (Å²) in [6.07, 6.45) is 0.960. The summed E-state index contributed by atoms with van der Waals surface area (Å²) in [6.45, 7) is 9.45. The van der Waals surface area contributed by atoms with Crippen molar-refractivity contribution in [2.75, 3.05) is 25.0 Å². The third-order valence-corrected chi connectivity index (χ3v) is 9.13. The molecule has 1 aliphatic rings. The van der Waals surface area contributed by atoms with Crippen LogP contribution in [0.3, 0.4) is 0 Å². The predicted molar refractivity (Wildman–Crippen MR) is 124 cm³/mol. The quantitative estimate of drug-likeness (QED) is 0.514. The van der Waals surface area contributed by atoms with E-state index in [1.165, 1.54) is 16.4 Å². The SMILES string of the molecule is CC1CN(S(=O)(=O)c2ccc(NC(=O)CCCCNS(=O)(=O)C(C)(C)C)cc2)C[C@@H](C)O1. The Balaban J connectivity index is 1.83. The highest BCUT2D eigenvalue weighted by molar-refractivity contribution is 7.90. The number of benzene rings is 1. The van der Waals surface area contributed by atoms with Crippen molar-refractivity contribution in [3.05, 3.63) is 24.3 Å². The number of anilines is 1. The van der Waals surface area contributed by atoms with Gasteiger partial charge in [-0.05, 0) is 71.7 Å². The fraction of sp³-hybridized carbons (Fsp3) is 0.667. The van der Waals surface area contributed by atoms with Crippen LogP contribution in [0.2, 0.25) is 0 Å². The highest BCUT2D eigenvalue weighted by Gasteiger charge is 2.32. The van der Waals surface area contributed by atoms with Gasteiger partial charge in [-0.3, -0.25) is 4.79 Å². The first-order chi connectivity index (χ1) is 14.7. The molecule has 0 spiro atoms. The Morgan fingerprint density at radius 3 is 2.12 bits per heavy atom. The molecule has 11 heteroatoms. The van der Waals surface area contributed by atoms with Gasteiger partial charge in [0.2, 0.25) is 26.0 Å². The summed E-state index contributed by atoms with van der Waals surface area (Å²) in [5.74, 6) is -0.213. The van der Waals surface area contributed by atoms with E-state index in [1.54, 1.807) is 32.9 Å². The van der Waals surface area contributed by atoms with Crippen LogP contribution in [0, 0.1) is 0 Å². The van der Waals surface area contributed by atoms with E-state index in [-0.39, 0.29) is 36.0 Å². The first kappa shape index (κ1) is 26.7. The van der Waals surface area contributed by atoms with E-state index in [9.17, 15) is 21.6 Å². The maximum absolute atomic E-state index is 12.9. The Bertz CT molecular complexity index is 975. The molecule has 0 bridgehead atoms. The van der Waals surface area contributed by atoms with Gasteiger partial charge >= 0.3 is 0 Å². The zero-order valence-electron chi connectivity index (χ0n) is 19.4. The number of hydrogen-bond donors (Lipinski definition) is 2. The number of unbranched alkanes of at least 4 members (excludes halogenated alkanes) is 1. The van der Waals surface area contributed by atoms with Crippen molar-refractivity contribution in [3.63, 3.8) is 0 Å². The molecule has 1 aromatic carbocycles. The highest BCUT2D eigenvalue weighted by atomic mass is 32.2. The van der Waals surface area contributed by atoms with Gasteiger partial charge in [0.15, 0.2) is 0 Å². The van der Waals surface area contributed by atoms with Crippen molar-refractivity contribution in [3.8, 4) is 0 Å². The lowest BCUT2D eigenvalue weighted by molar-refractivity contribution is -0.116. The Morgan fingerprint density at radius 2 is 1.59 bits per heavy atom. The first-order valence-corrected chi connectivity index (χ1v) is 13.7. The summed E-state index contributed by atoms with van der Waals surface area (Å²) in [5, 5.41) is 2.74. The lowest BCUT2D eigenvalue weighted by Crippen LogP contribution is -2.48. The second-order valence-corrected chi connectivity index (χ2v) is 13.6.